The maximum atomic E-state index is 11.6. The maximum Gasteiger partial charge on any atom is 0.502 e. The van der Waals surface area contributed by atoms with Gasteiger partial charge >= 0.3 is 7.82 Å². The minimum atomic E-state index is -4.22. The van der Waals surface area contributed by atoms with Crippen LogP contribution in [0.1, 0.15) is 11.1 Å². The molecule has 0 unspecified atom stereocenters. The molecule has 0 aliphatic heterocycles. The molecular weight excluding hydrogens is 287 g/mol. The summed E-state index contributed by atoms with van der Waals surface area (Å²) in [5.41, 5.74) is 2.06. The Hall–Kier alpha value is -1.45. The minimum absolute atomic E-state index is 0.0934. The van der Waals surface area contributed by atoms with Gasteiger partial charge < -0.3 is 0 Å². The van der Waals surface area contributed by atoms with Gasteiger partial charge in [0.25, 0.3) is 0 Å². The van der Waals surface area contributed by atoms with Crippen molar-refractivity contribution in [1.82, 2.24) is 0 Å². The maximum absolute atomic E-state index is 11.6. The predicted octanol–water partition coefficient (Wildman–Crippen LogP) is 4.04. The Kier molecular flexibility index (Phi) is 6.15. The van der Waals surface area contributed by atoms with Gasteiger partial charge in [-0.2, -0.15) is 0 Å². The van der Waals surface area contributed by atoms with Crippen LogP contribution in [0.4, 0.5) is 0 Å². The van der Waals surface area contributed by atoms with Crippen molar-refractivity contribution in [2.24, 2.45) is 0 Å². The highest BCUT2D eigenvalue weighted by molar-refractivity contribution is 7.47. The Morgan fingerprint density at radius 2 is 1.10 bits per heavy atom. The molecule has 0 heterocycles. The van der Waals surface area contributed by atoms with E-state index in [9.17, 15) is 9.46 Å². The monoisotopic (exact) mass is 305 g/mol. The summed E-state index contributed by atoms with van der Waals surface area (Å²) in [6, 6.07) is 19.1. The van der Waals surface area contributed by atoms with E-state index in [-0.39, 0.29) is 13.2 Å². The summed E-state index contributed by atoms with van der Waals surface area (Å²) >= 11 is 0. The lowest BCUT2D eigenvalue weighted by Gasteiger charge is -2.10. The number of rotatable bonds is 8. The normalized spacial score (nSPS) is 11.5. The molecule has 0 aliphatic carbocycles. The van der Waals surface area contributed by atoms with Crippen molar-refractivity contribution in [1.29, 1.82) is 0 Å². The molecule has 0 aromatic heterocycles. The van der Waals surface area contributed by atoms with Crippen LogP contribution in [0.3, 0.4) is 0 Å². The second-order valence-corrected chi connectivity index (χ2v) is 6.00. The van der Waals surface area contributed by atoms with E-state index in [0.717, 1.165) is 11.1 Å². The molecule has 0 spiro atoms. The van der Waals surface area contributed by atoms with Crippen LogP contribution in [0.2, 0.25) is 0 Å². The zero-order valence-corrected chi connectivity index (χ0v) is 12.6. The molecule has 0 saturated carbocycles. The Morgan fingerprint density at radius 3 is 1.48 bits per heavy atom. The molecular formula is C16H18O4P. The van der Waals surface area contributed by atoms with Crippen LogP contribution in [0.25, 0.3) is 0 Å². The van der Waals surface area contributed by atoms with Crippen molar-refractivity contribution >= 4 is 7.82 Å². The summed E-state index contributed by atoms with van der Waals surface area (Å²) in [6.45, 7) is 0.187. The average Bonchev–Trinajstić information content (AvgIpc) is 2.49. The van der Waals surface area contributed by atoms with Crippen molar-refractivity contribution in [3.05, 3.63) is 71.8 Å². The first-order valence-electron chi connectivity index (χ1n) is 6.84. The highest BCUT2D eigenvalue weighted by Crippen LogP contribution is 2.44. The summed E-state index contributed by atoms with van der Waals surface area (Å²) < 4.78 is 21.3. The minimum Gasteiger partial charge on any atom is -0.285 e. The molecule has 0 amide bonds. The third kappa shape index (κ3) is 6.23. The molecule has 2 aromatic rings. The van der Waals surface area contributed by atoms with Crippen LogP contribution in [-0.2, 0) is 31.3 Å². The Balaban J connectivity index is 1.68. The zero-order valence-electron chi connectivity index (χ0n) is 11.7. The lowest BCUT2D eigenvalue weighted by molar-refractivity contribution is 0.130. The highest BCUT2D eigenvalue weighted by atomic mass is 31.2. The molecule has 2 rings (SSSR count). The van der Waals surface area contributed by atoms with Gasteiger partial charge in [-0.05, 0) is 24.0 Å². The molecule has 2 aromatic carbocycles. The first-order chi connectivity index (χ1) is 10.2. The first kappa shape index (κ1) is 15.9. The molecule has 1 radical (unpaired) electrons. The summed E-state index contributed by atoms with van der Waals surface area (Å²) in [7, 11) is -4.22. The van der Waals surface area contributed by atoms with E-state index in [0.29, 0.717) is 12.8 Å². The van der Waals surface area contributed by atoms with E-state index in [1.807, 2.05) is 60.7 Å². The molecule has 5 heteroatoms. The molecule has 0 atom stereocenters. The van der Waals surface area contributed by atoms with Crippen LogP contribution in [0.5, 0.6) is 0 Å². The van der Waals surface area contributed by atoms with Gasteiger partial charge in [0, 0.05) is 0 Å². The first-order valence-corrected chi connectivity index (χ1v) is 8.30. The zero-order chi connectivity index (χ0) is 15.0. The van der Waals surface area contributed by atoms with E-state index in [4.69, 9.17) is 9.05 Å². The fourth-order valence-corrected chi connectivity index (χ4v) is 2.58. The summed E-state index contributed by atoms with van der Waals surface area (Å²) in [5.74, 6) is 0. The van der Waals surface area contributed by atoms with Gasteiger partial charge in [0.1, 0.15) is 0 Å². The van der Waals surface area contributed by atoms with E-state index < -0.39 is 7.82 Å². The molecule has 0 aliphatic rings. The van der Waals surface area contributed by atoms with Crippen LogP contribution in [0, 0.1) is 0 Å². The van der Waals surface area contributed by atoms with Crippen LogP contribution < -0.4 is 0 Å². The van der Waals surface area contributed by atoms with Crippen LogP contribution >= 0.6 is 7.82 Å². The third-order valence-corrected chi connectivity index (χ3v) is 3.96. The van der Waals surface area contributed by atoms with Crippen molar-refractivity contribution in [3.63, 3.8) is 0 Å². The Labute approximate surface area is 125 Å². The average molecular weight is 305 g/mol. The standard InChI is InChI=1S/C16H18O4P/c17-21(18,19-13-11-15-7-3-1-4-8-15)20-14-12-16-9-5-2-6-10-16/h1-10H,11-14H2. The third-order valence-electron chi connectivity index (χ3n) is 2.97. The van der Waals surface area contributed by atoms with Gasteiger partial charge in [-0.1, -0.05) is 60.7 Å². The van der Waals surface area contributed by atoms with E-state index in [1.165, 1.54) is 0 Å². The van der Waals surface area contributed by atoms with E-state index in [1.54, 1.807) is 0 Å². The van der Waals surface area contributed by atoms with Gasteiger partial charge in [-0.3, -0.25) is 9.05 Å². The topological polar surface area (TPSA) is 55.4 Å². The Bertz CT molecular complexity index is 522. The Morgan fingerprint density at radius 1 is 0.714 bits per heavy atom. The molecule has 0 saturated heterocycles. The fraction of sp³-hybridized carbons (Fsp3) is 0.250. The SMILES string of the molecule is [O]P(=O)(OCCc1ccccc1)OCCc1ccccc1. The van der Waals surface area contributed by atoms with Gasteiger partial charge in [0.2, 0.25) is 0 Å². The van der Waals surface area contributed by atoms with Crippen LogP contribution in [-0.4, -0.2) is 13.2 Å². The molecule has 0 bridgehead atoms. The highest BCUT2D eigenvalue weighted by Gasteiger charge is 2.22. The van der Waals surface area contributed by atoms with Crippen molar-refractivity contribution in [3.8, 4) is 0 Å². The molecule has 21 heavy (non-hydrogen) atoms. The largest absolute Gasteiger partial charge is 0.502 e. The van der Waals surface area contributed by atoms with Crippen LogP contribution in [0.15, 0.2) is 60.7 Å². The molecule has 0 N–H and O–H groups in total. The number of hydrogen-bond acceptors (Lipinski definition) is 3. The van der Waals surface area contributed by atoms with Gasteiger partial charge in [0.15, 0.2) is 0 Å². The van der Waals surface area contributed by atoms with Gasteiger partial charge in [0.05, 0.1) is 13.2 Å². The van der Waals surface area contributed by atoms with Crippen molar-refractivity contribution < 1.29 is 18.5 Å². The summed E-state index contributed by atoms with van der Waals surface area (Å²) in [4.78, 5) is 11.6. The van der Waals surface area contributed by atoms with Gasteiger partial charge in [-0.25, -0.2) is 4.57 Å². The molecule has 111 valence electrons. The summed E-state index contributed by atoms with van der Waals surface area (Å²) in [5, 5.41) is 0. The van der Waals surface area contributed by atoms with E-state index in [2.05, 4.69) is 0 Å². The van der Waals surface area contributed by atoms with Crippen molar-refractivity contribution in [2.75, 3.05) is 13.2 Å². The number of benzene rings is 2. The van der Waals surface area contributed by atoms with Crippen molar-refractivity contribution in [2.45, 2.75) is 12.8 Å². The second-order valence-electron chi connectivity index (χ2n) is 4.58. The number of hydrogen-bond donors (Lipinski definition) is 0. The quantitative estimate of drug-likeness (QED) is 0.691. The van der Waals surface area contributed by atoms with Gasteiger partial charge in [-0.15, -0.1) is 4.89 Å². The molecule has 0 fully saturated rings. The second kappa shape index (κ2) is 8.11. The fourth-order valence-electron chi connectivity index (χ4n) is 1.88. The van der Waals surface area contributed by atoms with E-state index >= 15 is 0 Å². The lowest BCUT2D eigenvalue weighted by Crippen LogP contribution is -2.02. The predicted molar refractivity (Wildman–Crippen MR) is 80.5 cm³/mol. The lowest BCUT2D eigenvalue weighted by atomic mass is 10.2. The summed E-state index contributed by atoms with van der Waals surface area (Å²) in [6.07, 6.45) is 1.07. The smallest absolute Gasteiger partial charge is 0.285 e. The molecule has 4 nitrogen and oxygen atoms in total.